The molecule has 4 aromatic carbocycles. The molecule has 0 fully saturated rings. The molecule has 0 radical (unpaired) electrons. The van der Waals surface area contributed by atoms with E-state index in [-0.39, 0.29) is 17.0 Å². The van der Waals surface area contributed by atoms with Crippen LogP contribution in [0.15, 0.2) is 122 Å². The molecule has 0 unspecified atom stereocenters. The molecule has 3 heteroatoms. The summed E-state index contributed by atoms with van der Waals surface area (Å²) in [6.45, 7) is 26.1. The highest BCUT2D eigenvalue weighted by molar-refractivity contribution is 6.14. The van der Waals surface area contributed by atoms with Gasteiger partial charge >= 0.3 is 0 Å². The standard InChI is InChI=1S/C42H39NO2.C2H6/c1-9-14-31-26-34(28(6)44)35(25-30(31)11-3)40(45)23-19-29-18-21-33-32(24-29)20-22-39-41(33)42(7,8)36-16-12-13-17-38(36)43(39)37(15-10-2)27(4)5;1-2/h9-26H,2-4H2,1,5-8H3;1-2H3/b14-9-,23-19?,37-15+;. The van der Waals surface area contributed by atoms with Gasteiger partial charge in [0.15, 0.2) is 11.6 Å². The third kappa shape index (κ3) is 6.53. The first-order chi connectivity index (χ1) is 22.5. The molecular weight excluding hydrogens is 574 g/mol. The third-order valence-electron chi connectivity index (χ3n) is 8.52. The molecule has 3 nitrogen and oxygen atoms in total. The number of fused-ring (bicyclic) bond motifs is 4. The van der Waals surface area contributed by atoms with Crippen LogP contribution in [-0.2, 0) is 5.41 Å². The van der Waals surface area contributed by atoms with Gasteiger partial charge in [-0.25, -0.2) is 0 Å². The Morgan fingerprint density at radius 1 is 0.830 bits per heavy atom. The summed E-state index contributed by atoms with van der Waals surface area (Å²) in [5.41, 5.74) is 9.71. The number of nitrogens with zero attached hydrogens (tertiary/aromatic N) is 1. The summed E-state index contributed by atoms with van der Waals surface area (Å²) in [5, 5.41) is 2.23. The molecule has 5 rings (SSSR count). The van der Waals surface area contributed by atoms with Crippen LogP contribution in [0.1, 0.15) is 97.0 Å². The van der Waals surface area contributed by atoms with Crippen LogP contribution in [0.5, 0.6) is 0 Å². The molecule has 0 atom stereocenters. The number of carbonyl (C=O) groups excluding carboxylic acids is 2. The summed E-state index contributed by atoms with van der Waals surface area (Å²) >= 11 is 0. The summed E-state index contributed by atoms with van der Waals surface area (Å²) in [6, 6.07) is 22.7. The van der Waals surface area contributed by atoms with Crippen molar-refractivity contribution in [2.45, 2.75) is 53.9 Å². The summed E-state index contributed by atoms with van der Waals surface area (Å²) in [4.78, 5) is 28.2. The van der Waals surface area contributed by atoms with E-state index in [4.69, 9.17) is 0 Å². The lowest BCUT2D eigenvalue weighted by atomic mass is 9.71. The van der Waals surface area contributed by atoms with E-state index >= 15 is 0 Å². The van der Waals surface area contributed by atoms with Crippen LogP contribution in [0.2, 0.25) is 0 Å². The van der Waals surface area contributed by atoms with Crippen molar-refractivity contribution in [1.29, 1.82) is 0 Å². The minimum Gasteiger partial charge on any atom is -0.310 e. The highest BCUT2D eigenvalue weighted by Crippen LogP contribution is 2.53. The third-order valence-corrected chi connectivity index (χ3v) is 8.52. The predicted molar refractivity (Wildman–Crippen MR) is 204 cm³/mol. The Morgan fingerprint density at radius 2 is 1.53 bits per heavy atom. The van der Waals surface area contributed by atoms with Crippen molar-refractivity contribution >= 4 is 51.9 Å². The first kappa shape index (κ1) is 34.6. The lowest BCUT2D eigenvalue weighted by Crippen LogP contribution is -2.33. The van der Waals surface area contributed by atoms with Crippen LogP contribution >= 0.6 is 0 Å². The zero-order chi connectivity index (χ0) is 34.5. The van der Waals surface area contributed by atoms with Gasteiger partial charge in [0.25, 0.3) is 0 Å². The highest BCUT2D eigenvalue weighted by atomic mass is 16.1. The van der Waals surface area contributed by atoms with Crippen molar-refractivity contribution in [3.05, 3.63) is 161 Å². The Labute approximate surface area is 280 Å². The molecule has 0 N–H and O–H groups in total. The predicted octanol–water partition coefficient (Wildman–Crippen LogP) is 12.1. The molecule has 0 amide bonds. The van der Waals surface area contributed by atoms with Gasteiger partial charge in [0.2, 0.25) is 0 Å². The average Bonchev–Trinajstić information content (AvgIpc) is 3.07. The Bertz CT molecular complexity index is 2000. The van der Waals surface area contributed by atoms with E-state index < -0.39 is 0 Å². The fourth-order valence-electron chi connectivity index (χ4n) is 6.41. The lowest BCUT2D eigenvalue weighted by Gasteiger charge is -2.43. The number of hydrogen-bond donors (Lipinski definition) is 0. The molecule has 0 spiro atoms. The maximum Gasteiger partial charge on any atom is 0.186 e. The largest absolute Gasteiger partial charge is 0.310 e. The minimum atomic E-state index is -0.269. The summed E-state index contributed by atoms with van der Waals surface area (Å²) in [6.07, 6.45) is 12.7. The van der Waals surface area contributed by atoms with Crippen LogP contribution in [0.3, 0.4) is 0 Å². The fraction of sp³-hybridized carbons (Fsp3) is 0.182. The monoisotopic (exact) mass is 619 g/mol. The highest BCUT2D eigenvalue weighted by Gasteiger charge is 2.38. The molecule has 0 bridgehead atoms. The van der Waals surface area contributed by atoms with Crippen molar-refractivity contribution < 1.29 is 9.59 Å². The number of para-hydroxylation sites is 1. The Morgan fingerprint density at radius 3 is 2.17 bits per heavy atom. The second-order valence-electron chi connectivity index (χ2n) is 12.0. The average molecular weight is 620 g/mol. The fourth-order valence-corrected chi connectivity index (χ4v) is 6.41. The molecular formula is C44H45NO2. The topological polar surface area (TPSA) is 37.4 Å². The number of hydrogen-bond acceptors (Lipinski definition) is 3. The van der Waals surface area contributed by atoms with E-state index in [9.17, 15) is 9.59 Å². The van der Waals surface area contributed by atoms with E-state index in [0.717, 1.165) is 50.1 Å². The summed E-state index contributed by atoms with van der Waals surface area (Å²) < 4.78 is 0. The van der Waals surface area contributed by atoms with Crippen LogP contribution in [-0.4, -0.2) is 11.6 Å². The molecule has 47 heavy (non-hydrogen) atoms. The van der Waals surface area contributed by atoms with E-state index in [1.165, 1.54) is 18.1 Å². The number of allylic oxidation sites excluding steroid dienone is 5. The molecule has 238 valence electrons. The molecule has 0 aromatic heterocycles. The maximum absolute atomic E-state index is 13.4. The van der Waals surface area contributed by atoms with Crippen LogP contribution < -0.4 is 4.90 Å². The number of Topliss-reactive ketones (excluding diaryl/α,β-unsaturated/α-hetero) is 1. The number of carbonyl (C=O) groups is 2. The number of rotatable bonds is 9. The first-order valence-corrected chi connectivity index (χ1v) is 16.2. The van der Waals surface area contributed by atoms with Crippen molar-refractivity contribution in [2.75, 3.05) is 4.90 Å². The smallest absolute Gasteiger partial charge is 0.186 e. The van der Waals surface area contributed by atoms with Crippen molar-refractivity contribution in [3.8, 4) is 0 Å². The van der Waals surface area contributed by atoms with E-state index in [1.54, 1.807) is 30.4 Å². The van der Waals surface area contributed by atoms with Crippen LogP contribution in [0.4, 0.5) is 11.4 Å². The normalized spacial score (nSPS) is 13.5. The van der Waals surface area contributed by atoms with Gasteiger partial charge in [0.1, 0.15) is 0 Å². The Hall–Kier alpha value is -5.28. The van der Waals surface area contributed by atoms with Gasteiger partial charge in [0.05, 0.1) is 11.4 Å². The van der Waals surface area contributed by atoms with Crippen molar-refractivity contribution in [2.24, 2.45) is 0 Å². The van der Waals surface area contributed by atoms with Crippen LogP contribution in [0.25, 0.3) is 29.0 Å². The Kier molecular flexibility index (Phi) is 10.6. The van der Waals surface area contributed by atoms with Gasteiger partial charge in [-0.05, 0) is 107 Å². The van der Waals surface area contributed by atoms with Crippen molar-refractivity contribution in [1.82, 2.24) is 0 Å². The van der Waals surface area contributed by atoms with Crippen LogP contribution in [0, 0.1) is 0 Å². The molecule has 1 heterocycles. The minimum absolute atomic E-state index is 0.153. The van der Waals surface area contributed by atoms with E-state index in [2.05, 4.69) is 87.0 Å². The van der Waals surface area contributed by atoms with Gasteiger partial charge in [-0.2, -0.15) is 0 Å². The zero-order valence-corrected chi connectivity index (χ0v) is 28.8. The number of benzene rings is 4. The Balaban J connectivity index is 0.00000245. The second-order valence-corrected chi connectivity index (χ2v) is 12.0. The second kappa shape index (κ2) is 14.4. The summed E-state index contributed by atoms with van der Waals surface area (Å²) in [7, 11) is 0. The van der Waals surface area contributed by atoms with E-state index in [0.29, 0.717) is 11.1 Å². The van der Waals surface area contributed by atoms with Gasteiger partial charge in [-0.15, -0.1) is 0 Å². The van der Waals surface area contributed by atoms with Gasteiger partial charge in [0, 0.05) is 22.2 Å². The number of ketones is 2. The van der Waals surface area contributed by atoms with E-state index in [1.807, 2.05) is 58.1 Å². The first-order valence-electron chi connectivity index (χ1n) is 16.2. The summed E-state index contributed by atoms with van der Waals surface area (Å²) in [5.74, 6) is -0.379. The van der Waals surface area contributed by atoms with Gasteiger partial charge in [-0.1, -0.05) is 114 Å². The molecule has 0 saturated carbocycles. The number of anilines is 2. The molecule has 1 aliphatic rings. The molecule has 4 aromatic rings. The zero-order valence-electron chi connectivity index (χ0n) is 28.8. The SMILES string of the molecule is C=C/C=C(\C(=C)C)N1c2ccccc2C(C)(C)c2c1ccc1cc(C=CC(=O)c3cc(C=C)c(/C=C\C)cc3C(C)=O)ccc21.CC. The lowest BCUT2D eigenvalue weighted by molar-refractivity contribution is 0.0993. The van der Waals surface area contributed by atoms with Gasteiger partial charge < -0.3 is 4.90 Å². The van der Waals surface area contributed by atoms with Crippen molar-refractivity contribution in [3.63, 3.8) is 0 Å². The van der Waals surface area contributed by atoms with Gasteiger partial charge in [-0.3, -0.25) is 9.59 Å². The molecule has 0 saturated heterocycles. The quantitative estimate of drug-likeness (QED) is 0.106. The molecule has 0 aliphatic carbocycles. The molecule has 1 aliphatic heterocycles. The maximum atomic E-state index is 13.4.